The minimum atomic E-state index is -0.880. The van der Waals surface area contributed by atoms with Crippen molar-refractivity contribution in [2.75, 3.05) is 32.4 Å². The number of carbonyl (C=O) groups excluding carboxylic acids is 1. The van der Waals surface area contributed by atoms with Gasteiger partial charge in [0.1, 0.15) is 31.3 Å². The Hall–Kier alpha value is -2.67. The Morgan fingerprint density at radius 2 is 2.12 bits per heavy atom. The quantitative estimate of drug-likeness (QED) is 0.222. The monoisotopic (exact) mass is 477 g/mol. The number of esters is 1. The van der Waals surface area contributed by atoms with Crippen LogP contribution in [0.5, 0.6) is 0 Å². The maximum absolute atomic E-state index is 12.8. The lowest BCUT2D eigenvalue weighted by molar-refractivity contribution is -0.205. The average molecular weight is 478 g/mol. The first-order chi connectivity index (χ1) is 16.2. The van der Waals surface area contributed by atoms with Gasteiger partial charge >= 0.3 is 11.7 Å². The van der Waals surface area contributed by atoms with Crippen molar-refractivity contribution < 1.29 is 28.5 Å². The molecular weight excluding hydrogens is 446 g/mol. The molecule has 0 bridgehead atoms. The second-order valence-electron chi connectivity index (χ2n) is 9.21. The van der Waals surface area contributed by atoms with E-state index in [4.69, 9.17) is 23.7 Å². The van der Waals surface area contributed by atoms with Crippen molar-refractivity contribution >= 4 is 24.8 Å². The number of aliphatic imine (C=N–C) groups is 1. The van der Waals surface area contributed by atoms with E-state index in [0.717, 1.165) is 19.3 Å². The van der Waals surface area contributed by atoms with E-state index in [9.17, 15) is 9.59 Å². The van der Waals surface area contributed by atoms with E-state index < -0.39 is 41.4 Å². The first kappa shape index (κ1) is 24.5. The number of anilines is 1. The van der Waals surface area contributed by atoms with Gasteiger partial charge in [0, 0.05) is 20.4 Å². The molecule has 0 spiro atoms. The molecule has 0 unspecified atom stereocenters. The lowest BCUT2D eigenvalue weighted by atomic mass is 9.69. The normalized spacial score (nSPS) is 28.9. The molecule has 3 aliphatic rings. The number of rotatable bonds is 9. The highest BCUT2D eigenvalue weighted by Gasteiger charge is 2.57. The van der Waals surface area contributed by atoms with Gasteiger partial charge in [-0.2, -0.15) is 10.1 Å². The third-order valence-corrected chi connectivity index (χ3v) is 6.40. The van der Waals surface area contributed by atoms with E-state index in [1.54, 1.807) is 40.3 Å². The van der Waals surface area contributed by atoms with Crippen LogP contribution >= 0.6 is 0 Å². The van der Waals surface area contributed by atoms with Gasteiger partial charge in [-0.3, -0.25) is 14.4 Å². The van der Waals surface area contributed by atoms with Crippen LogP contribution in [-0.4, -0.2) is 80.0 Å². The Morgan fingerprint density at radius 3 is 2.74 bits per heavy atom. The molecule has 0 amide bonds. The predicted molar refractivity (Wildman–Crippen MR) is 122 cm³/mol. The Labute approximate surface area is 197 Å². The summed E-state index contributed by atoms with van der Waals surface area (Å²) in [6.07, 6.45) is 2.73. The summed E-state index contributed by atoms with van der Waals surface area (Å²) < 4.78 is 30.4. The maximum Gasteiger partial charge on any atom is 0.351 e. The van der Waals surface area contributed by atoms with Crippen molar-refractivity contribution in [1.82, 2.24) is 9.55 Å². The largest absolute Gasteiger partial charge is 0.462 e. The van der Waals surface area contributed by atoms with Crippen LogP contribution in [0.3, 0.4) is 0 Å². The number of carbonyl (C=O) groups is 1. The van der Waals surface area contributed by atoms with Gasteiger partial charge in [-0.15, -0.1) is 0 Å². The summed E-state index contributed by atoms with van der Waals surface area (Å²) in [7, 11) is 3.21. The highest BCUT2D eigenvalue weighted by molar-refractivity contribution is 5.78. The van der Waals surface area contributed by atoms with Gasteiger partial charge < -0.3 is 23.7 Å². The summed E-state index contributed by atoms with van der Waals surface area (Å²) in [5, 5.41) is 5.38. The first-order valence-electron chi connectivity index (χ1n) is 11.2. The molecule has 0 N–H and O–H groups in total. The van der Waals surface area contributed by atoms with Crippen LogP contribution in [0, 0.1) is 5.41 Å². The molecule has 1 aromatic heterocycles. The van der Waals surface area contributed by atoms with Crippen LogP contribution in [0.4, 0.5) is 5.82 Å². The van der Waals surface area contributed by atoms with E-state index in [1.807, 2.05) is 0 Å². The van der Waals surface area contributed by atoms with Crippen LogP contribution in [-0.2, 0) is 28.5 Å². The van der Waals surface area contributed by atoms with E-state index in [0.29, 0.717) is 12.4 Å². The number of aromatic nitrogens is 2. The SMILES string of the molecule is C=N/C=N\N(C)c1ccn([C@@H]2O[C@H](COC(=O)C3(COC)CCC3)[C@H]3OC(C)(C)O[C@H]32)c(=O)n1. The topological polar surface area (TPSA) is 126 Å². The molecule has 4 atom stereocenters. The van der Waals surface area contributed by atoms with Gasteiger partial charge in [-0.25, -0.2) is 9.80 Å². The van der Waals surface area contributed by atoms with Gasteiger partial charge in [0.15, 0.2) is 17.8 Å². The summed E-state index contributed by atoms with van der Waals surface area (Å²) in [5.41, 5.74) is -1.14. The van der Waals surface area contributed by atoms with Crippen LogP contribution < -0.4 is 10.7 Å². The standard InChI is InChI=1S/C22H31N5O7/c1-21(2)33-16-14(11-31-19(28)22(12-30-5)8-6-9-22)32-18(17(16)34-21)27-10-7-15(25-20(27)29)26(4)24-13-23-3/h7,10,13-14,16-18H,3,6,8-9,11-12H2,1-2,4-5H3/b24-13-/t14-,16-,17-,18-/m1/s1. The van der Waals surface area contributed by atoms with Gasteiger partial charge in [-0.05, 0) is 39.5 Å². The van der Waals surface area contributed by atoms with Crippen molar-refractivity contribution in [3.05, 3.63) is 22.7 Å². The third-order valence-electron chi connectivity index (χ3n) is 6.40. The predicted octanol–water partition coefficient (Wildman–Crippen LogP) is 1.10. The van der Waals surface area contributed by atoms with Gasteiger partial charge in [0.25, 0.3) is 0 Å². The Kier molecular flexibility index (Phi) is 6.85. The second-order valence-corrected chi connectivity index (χ2v) is 9.21. The lowest BCUT2D eigenvalue weighted by Crippen LogP contribution is -2.44. The molecule has 4 rings (SSSR count). The average Bonchev–Trinajstić information content (AvgIpc) is 3.25. The summed E-state index contributed by atoms with van der Waals surface area (Å²) in [6, 6.07) is 1.62. The smallest absolute Gasteiger partial charge is 0.351 e. The molecule has 1 aliphatic carbocycles. The Bertz CT molecular complexity index is 1010. The van der Waals surface area contributed by atoms with Gasteiger partial charge in [0.2, 0.25) is 0 Å². The Balaban J connectivity index is 1.51. The molecule has 1 saturated carbocycles. The Morgan fingerprint density at radius 1 is 1.38 bits per heavy atom. The van der Waals surface area contributed by atoms with Crippen molar-refractivity contribution in [2.24, 2.45) is 15.5 Å². The molecule has 12 nitrogen and oxygen atoms in total. The third kappa shape index (κ3) is 4.63. The molecule has 2 aliphatic heterocycles. The molecule has 3 heterocycles. The van der Waals surface area contributed by atoms with Crippen molar-refractivity contribution in [1.29, 1.82) is 0 Å². The molecule has 34 heavy (non-hydrogen) atoms. The number of hydrogen-bond donors (Lipinski definition) is 0. The number of hydrazone groups is 1. The van der Waals surface area contributed by atoms with Crippen molar-refractivity contribution in [2.45, 2.75) is 63.4 Å². The molecule has 12 heteroatoms. The fourth-order valence-electron chi connectivity index (χ4n) is 4.57. The number of nitrogens with zero attached hydrogens (tertiary/aromatic N) is 5. The minimum Gasteiger partial charge on any atom is -0.462 e. The van der Waals surface area contributed by atoms with E-state index in [-0.39, 0.29) is 12.6 Å². The van der Waals surface area contributed by atoms with Crippen LogP contribution in [0.1, 0.15) is 39.3 Å². The van der Waals surface area contributed by atoms with E-state index in [1.165, 1.54) is 15.9 Å². The van der Waals surface area contributed by atoms with Gasteiger partial charge in [0.05, 0.1) is 12.0 Å². The molecular formula is C22H31N5O7. The molecule has 186 valence electrons. The number of methoxy groups -OCH3 is 1. The molecule has 3 fully saturated rings. The number of ether oxygens (including phenoxy) is 5. The summed E-state index contributed by atoms with van der Waals surface area (Å²) in [4.78, 5) is 33.2. The van der Waals surface area contributed by atoms with Crippen LogP contribution in [0.25, 0.3) is 0 Å². The second kappa shape index (κ2) is 9.53. The number of hydrogen-bond acceptors (Lipinski definition) is 10. The highest BCUT2D eigenvalue weighted by atomic mass is 16.8. The highest BCUT2D eigenvalue weighted by Crippen LogP contribution is 2.44. The zero-order valence-electron chi connectivity index (χ0n) is 19.9. The minimum absolute atomic E-state index is 0.0202. The summed E-state index contributed by atoms with van der Waals surface area (Å²) in [6.45, 7) is 7.21. The lowest BCUT2D eigenvalue weighted by Gasteiger charge is -2.38. The molecule has 0 radical (unpaired) electrons. The van der Waals surface area contributed by atoms with E-state index >= 15 is 0 Å². The van der Waals surface area contributed by atoms with Crippen LogP contribution in [0.2, 0.25) is 0 Å². The van der Waals surface area contributed by atoms with Crippen LogP contribution in [0.15, 0.2) is 27.2 Å². The van der Waals surface area contributed by atoms with Crippen molar-refractivity contribution in [3.63, 3.8) is 0 Å². The zero-order valence-corrected chi connectivity index (χ0v) is 19.9. The van der Waals surface area contributed by atoms with E-state index in [2.05, 4.69) is 21.8 Å². The van der Waals surface area contributed by atoms with Crippen molar-refractivity contribution in [3.8, 4) is 0 Å². The summed E-state index contributed by atoms with van der Waals surface area (Å²) in [5.74, 6) is -0.855. The summed E-state index contributed by atoms with van der Waals surface area (Å²) >= 11 is 0. The molecule has 0 aromatic carbocycles. The fraction of sp³-hybridized carbons (Fsp3) is 0.682. The maximum atomic E-state index is 12.8. The number of fused-ring (bicyclic) bond motifs is 1. The first-order valence-corrected chi connectivity index (χ1v) is 11.2. The van der Waals surface area contributed by atoms with Gasteiger partial charge in [-0.1, -0.05) is 6.42 Å². The molecule has 1 aromatic rings. The molecule has 2 saturated heterocycles. The fourth-order valence-corrected chi connectivity index (χ4v) is 4.57. The zero-order chi connectivity index (χ0) is 24.5.